The minimum atomic E-state index is -4.68. The number of hydrogen-bond acceptors (Lipinski definition) is 2. The second kappa shape index (κ2) is 4.84. The van der Waals surface area contributed by atoms with E-state index in [4.69, 9.17) is 0 Å². The van der Waals surface area contributed by atoms with Crippen LogP contribution in [0.25, 0.3) is 5.57 Å². The molecular formula is C13H11F3O2. The lowest BCUT2D eigenvalue weighted by Gasteiger charge is -2.14. The predicted octanol–water partition coefficient (Wildman–Crippen LogP) is 3.72. The number of carbonyl (C=O) groups is 1. The van der Waals surface area contributed by atoms with E-state index in [2.05, 4.69) is 4.74 Å². The fourth-order valence-corrected chi connectivity index (χ4v) is 1.87. The van der Waals surface area contributed by atoms with Crippen LogP contribution < -0.4 is 4.74 Å². The Morgan fingerprint density at radius 1 is 1.17 bits per heavy atom. The zero-order valence-corrected chi connectivity index (χ0v) is 9.46. The molecule has 0 atom stereocenters. The first-order valence-electron chi connectivity index (χ1n) is 5.51. The maximum absolute atomic E-state index is 12.1. The zero-order chi connectivity index (χ0) is 13.2. The van der Waals surface area contributed by atoms with Crippen molar-refractivity contribution in [3.05, 3.63) is 35.9 Å². The summed E-state index contributed by atoms with van der Waals surface area (Å²) in [5.41, 5.74) is 1.56. The molecule has 0 aromatic heterocycles. The Kier molecular flexibility index (Phi) is 3.41. The van der Waals surface area contributed by atoms with E-state index in [0.717, 1.165) is 5.57 Å². The lowest BCUT2D eigenvalue weighted by molar-refractivity contribution is -0.274. The number of benzene rings is 1. The Bertz CT molecular complexity index is 489. The van der Waals surface area contributed by atoms with Crippen LogP contribution in [0.3, 0.4) is 0 Å². The summed E-state index contributed by atoms with van der Waals surface area (Å²) in [6.45, 7) is 0. The molecule has 2 rings (SSSR count). The van der Waals surface area contributed by atoms with Crippen molar-refractivity contribution < 1.29 is 22.7 Å². The molecule has 0 saturated heterocycles. The van der Waals surface area contributed by atoms with E-state index in [1.54, 1.807) is 12.1 Å². The van der Waals surface area contributed by atoms with Crippen LogP contribution in [0.15, 0.2) is 30.3 Å². The zero-order valence-electron chi connectivity index (χ0n) is 9.46. The van der Waals surface area contributed by atoms with Crippen LogP contribution in [0.2, 0.25) is 0 Å². The number of rotatable bonds is 2. The predicted molar refractivity (Wildman–Crippen MR) is 60.0 cm³/mol. The van der Waals surface area contributed by atoms with Gasteiger partial charge in [-0.3, -0.25) is 4.79 Å². The summed E-state index contributed by atoms with van der Waals surface area (Å²) in [6, 6.07) is 5.82. The highest BCUT2D eigenvalue weighted by atomic mass is 19.4. The highest BCUT2D eigenvalue weighted by Crippen LogP contribution is 2.29. The Hall–Kier alpha value is -1.78. The van der Waals surface area contributed by atoms with Gasteiger partial charge in [0.05, 0.1) is 0 Å². The number of halogens is 3. The Balaban J connectivity index is 2.20. The third-order valence-electron chi connectivity index (χ3n) is 2.69. The van der Waals surface area contributed by atoms with Gasteiger partial charge in [-0.2, -0.15) is 0 Å². The smallest absolute Gasteiger partial charge is 0.406 e. The highest BCUT2D eigenvalue weighted by Gasteiger charge is 2.31. The van der Waals surface area contributed by atoms with Gasteiger partial charge in [0.25, 0.3) is 0 Å². The summed E-state index contributed by atoms with van der Waals surface area (Å²) in [6.07, 6.45) is -1.57. The van der Waals surface area contributed by atoms with Gasteiger partial charge in [0, 0.05) is 12.8 Å². The molecule has 1 aliphatic carbocycles. The van der Waals surface area contributed by atoms with Gasteiger partial charge in [0.2, 0.25) is 0 Å². The van der Waals surface area contributed by atoms with Gasteiger partial charge < -0.3 is 4.74 Å². The van der Waals surface area contributed by atoms with Crippen LogP contribution in [-0.2, 0) is 4.79 Å². The van der Waals surface area contributed by atoms with E-state index in [1.165, 1.54) is 18.2 Å². The molecule has 1 aromatic rings. The van der Waals surface area contributed by atoms with Crippen LogP contribution in [0.1, 0.15) is 24.8 Å². The van der Waals surface area contributed by atoms with Crippen molar-refractivity contribution in [3.63, 3.8) is 0 Å². The van der Waals surface area contributed by atoms with Crippen molar-refractivity contribution in [2.45, 2.75) is 25.6 Å². The minimum Gasteiger partial charge on any atom is -0.406 e. The molecule has 0 radical (unpaired) electrons. The molecule has 5 heteroatoms. The summed E-state index contributed by atoms with van der Waals surface area (Å²) in [4.78, 5) is 11.1. The minimum absolute atomic E-state index is 0.154. The lowest BCUT2D eigenvalue weighted by Crippen LogP contribution is -2.17. The Labute approximate surface area is 102 Å². The normalized spacial score (nSPS) is 16.4. The van der Waals surface area contributed by atoms with Crippen molar-refractivity contribution in [2.75, 3.05) is 0 Å². The third kappa shape index (κ3) is 3.35. The molecule has 1 aliphatic rings. The largest absolute Gasteiger partial charge is 0.573 e. The summed E-state index contributed by atoms with van der Waals surface area (Å²) in [5, 5.41) is 0. The summed E-state index contributed by atoms with van der Waals surface area (Å²) < 4.78 is 40.1. The molecule has 1 aromatic carbocycles. The average molecular weight is 256 g/mol. The number of hydrogen-bond donors (Lipinski definition) is 0. The van der Waals surface area contributed by atoms with E-state index in [-0.39, 0.29) is 11.5 Å². The van der Waals surface area contributed by atoms with Crippen molar-refractivity contribution in [3.8, 4) is 5.75 Å². The van der Waals surface area contributed by atoms with Gasteiger partial charge in [-0.05, 0) is 29.7 Å². The third-order valence-corrected chi connectivity index (χ3v) is 2.69. The van der Waals surface area contributed by atoms with E-state index >= 15 is 0 Å². The topological polar surface area (TPSA) is 26.3 Å². The fraction of sp³-hybridized carbons (Fsp3) is 0.308. The molecule has 0 amide bonds. The van der Waals surface area contributed by atoms with Gasteiger partial charge in [-0.15, -0.1) is 13.2 Å². The molecule has 18 heavy (non-hydrogen) atoms. The number of allylic oxidation sites excluding steroid dienone is 2. The molecule has 96 valence electrons. The molecule has 0 fully saturated rings. The monoisotopic (exact) mass is 256 g/mol. The van der Waals surface area contributed by atoms with Gasteiger partial charge in [0.15, 0.2) is 0 Å². The number of carbonyl (C=O) groups excluding carboxylic acids is 1. The first-order valence-corrected chi connectivity index (χ1v) is 5.51. The van der Waals surface area contributed by atoms with Gasteiger partial charge >= 0.3 is 6.36 Å². The van der Waals surface area contributed by atoms with Crippen LogP contribution in [0.4, 0.5) is 13.2 Å². The maximum Gasteiger partial charge on any atom is 0.573 e. The van der Waals surface area contributed by atoms with Crippen LogP contribution in [0.5, 0.6) is 5.75 Å². The van der Waals surface area contributed by atoms with E-state index < -0.39 is 6.36 Å². The number of ketones is 1. The number of alkyl halides is 3. The second-order valence-electron chi connectivity index (χ2n) is 4.05. The molecule has 0 heterocycles. The Morgan fingerprint density at radius 2 is 1.94 bits per heavy atom. The summed E-state index contributed by atoms with van der Waals surface area (Å²) in [5.74, 6) is -0.0840. The van der Waals surface area contributed by atoms with Crippen molar-refractivity contribution in [2.24, 2.45) is 0 Å². The van der Waals surface area contributed by atoms with Gasteiger partial charge in [0.1, 0.15) is 11.5 Å². The quantitative estimate of drug-likeness (QED) is 0.806. The Morgan fingerprint density at radius 3 is 2.56 bits per heavy atom. The fourth-order valence-electron chi connectivity index (χ4n) is 1.87. The van der Waals surface area contributed by atoms with Crippen LogP contribution >= 0.6 is 0 Å². The number of Topliss-reactive ketones (excluding diaryl/α,β-unsaturated/α-hetero) is 1. The summed E-state index contributed by atoms with van der Waals surface area (Å²) in [7, 11) is 0. The molecule has 0 spiro atoms. The standard InChI is InChI=1S/C13H11F3O2/c14-13(15,16)18-12-3-1-2-10(8-12)9-4-6-11(17)7-5-9/h1-4,8H,5-7H2. The van der Waals surface area contributed by atoms with Crippen molar-refractivity contribution >= 4 is 11.4 Å². The van der Waals surface area contributed by atoms with Crippen LogP contribution in [0, 0.1) is 0 Å². The van der Waals surface area contributed by atoms with Crippen molar-refractivity contribution in [1.29, 1.82) is 0 Å². The van der Waals surface area contributed by atoms with E-state index in [9.17, 15) is 18.0 Å². The second-order valence-corrected chi connectivity index (χ2v) is 4.05. The molecule has 0 unspecified atom stereocenters. The molecule has 0 N–H and O–H groups in total. The molecule has 0 aliphatic heterocycles. The molecule has 0 bridgehead atoms. The van der Waals surface area contributed by atoms with Gasteiger partial charge in [-0.25, -0.2) is 0 Å². The number of ether oxygens (including phenoxy) is 1. The molecular weight excluding hydrogens is 245 g/mol. The molecule has 0 saturated carbocycles. The SMILES string of the molecule is O=C1CC=C(c2cccc(OC(F)(F)F)c2)CC1. The van der Waals surface area contributed by atoms with E-state index in [0.29, 0.717) is 24.8 Å². The average Bonchev–Trinajstić information content (AvgIpc) is 2.28. The van der Waals surface area contributed by atoms with Gasteiger partial charge in [-0.1, -0.05) is 18.2 Å². The van der Waals surface area contributed by atoms with Crippen LogP contribution in [-0.4, -0.2) is 12.1 Å². The first-order chi connectivity index (χ1) is 8.44. The first kappa shape index (κ1) is 12.7. The maximum atomic E-state index is 12.1. The summed E-state index contributed by atoms with van der Waals surface area (Å²) >= 11 is 0. The lowest BCUT2D eigenvalue weighted by atomic mass is 9.93. The van der Waals surface area contributed by atoms with E-state index in [1.807, 2.05) is 0 Å². The highest BCUT2D eigenvalue weighted by molar-refractivity contribution is 5.87. The molecule has 2 nitrogen and oxygen atoms in total. The van der Waals surface area contributed by atoms with Crippen molar-refractivity contribution in [1.82, 2.24) is 0 Å².